The van der Waals surface area contributed by atoms with Gasteiger partial charge in [-0.1, -0.05) is 0 Å². The zero-order valence-corrected chi connectivity index (χ0v) is 6.70. The number of Topliss-reactive ketones (excluding diaryl/α,β-unsaturated/α-hetero) is 1. The van der Waals surface area contributed by atoms with E-state index in [2.05, 4.69) is 0 Å². The van der Waals surface area contributed by atoms with Crippen molar-refractivity contribution in [3.8, 4) is 0 Å². The number of halogens is 3. The summed E-state index contributed by atoms with van der Waals surface area (Å²) in [6.45, 7) is 0.942. The van der Waals surface area contributed by atoms with Crippen LogP contribution in [0.25, 0.3) is 0 Å². The van der Waals surface area contributed by atoms with Gasteiger partial charge in [0.15, 0.2) is 17.4 Å². The average molecular weight is 189 g/mol. The number of hydrogen-bond donors (Lipinski definition) is 1. The molecule has 0 amide bonds. The molecule has 2 nitrogen and oxygen atoms in total. The molecule has 1 aromatic rings. The Labute approximate surface area is 72.2 Å². The lowest BCUT2D eigenvalue weighted by Gasteiger charge is -2.03. The van der Waals surface area contributed by atoms with Crippen molar-refractivity contribution < 1.29 is 18.0 Å². The van der Waals surface area contributed by atoms with E-state index in [9.17, 15) is 18.0 Å². The summed E-state index contributed by atoms with van der Waals surface area (Å²) in [5, 5.41) is 0. The zero-order chi connectivity index (χ0) is 10.2. The normalized spacial score (nSPS) is 10.2. The first-order valence-corrected chi connectivity index (χ1v) is 3.39. The first-order valence-electron chi connectivity index (χ1n) is 3.39. The Kier molecular flexibility index (Phi) is 2.27. The summed E-state index contributed by atoms with van der Waals surface area (Å²) in [4.78, 5) is 10.7. The monoisotopic (exact) mass is 189 g/mol. The van der Waals surface area contributed by atoms with Crippen molar-refractivity contribution in [1.29, 1.82) is 0 Å². The third kappa shape index (κ3) is 1.49. The summed E-state index contributed by atoms with van der Waals surface area (Å²) in [6.07, 6.45) is 0. The van der Waals surface area contributed by atoms with Gasteiger partial charge in [0, 0.05) is 6.07 Å². The molecule has 1 aromatic carbocycles. The fraction of sp³-hybridized carbons (Fsp3) is 0.125. The SMILES string of the molecule is CC(=O)c1c(F)cc(N)c(F)c1F. The molecule has 13 heavy (non-hydrogen) atoms. The molecule has 0 saturated heterocycles. The maximum absolute atomic E-state index is 12.9. The van der Waals surface area contributed by atoms with Gasteiger partial charge in [-0.25, -0.2) is 13.2 Å². The second kappa shape index (κ2) is 3.08. The van der Waals surface area contributed by atoms with E-state index in [-0.39, 0.29) is 0 Å². The highest BCUT2D eigenvalue weighted by Crippen LogP contribution is 2.21. The summed E-state index contributed by atoms with van der Waals surface area (Å²) in [5.41, 5.74) is 3.37. The lowest BCUT2D eigenvalue weighted by Crippen LogP contribution is -2.07. The van der Waals surface area contributed by atoms with E-state index < -0.39 is 34.5 Å². The Morgan fingerprint density at radius 1 is 1.31 bits per heavy atom. The quantitative estimate of drug-likeness (QED) is 0.416. The third-order valence-electron chi connectivity index (χ3n) is 1.54. The molecule has 2 N–H and O–H groups in total. The highest BCUT2D eigenvalue weighted by Gasteiger charge is 2.20. The number of nitrogens with two attached hydrogens (primary N) is 1. The second-order valence-corrected chi connectivity index (χ2v) is 2.51. The number of carbonyl (C=O) groups excluding carboxylic acids is 1. The first-order chi connectivity index (χ1) is 5.95. The van der Waals surface area contributed by atoms with Gasteiger partial charge in [-0.05, 0) is 6.92 Å². The summed E-state index contributed by atoms with van der Waals surface area (Å²) in [5.74, 6) is -4.96. The highest BCUT2D eigenvalue weighted by molar-refractivity contribution is 5.95. The summed E-state index contributed by atoms with van der Waals surface area (Å²) < 4.78 is 38.4. The van der Waals surface area contributed by atoms with E-state index in [0.29, 0.717) is 6.07 Å². The zero-order valence-electron chi connectivity index (χ0n) is 6.70. The molecule has 0 fully saturated rings. The van der Waals surface area contributed by atoms with Crippen LogP contribution in [0.5, 0.6) is 0 Å². The number of carbonyl (C=O) groups is 1. The molecule has 1 rings (SSSR count). The van der Waals surface area contributed by atoms with Gasteiger partial charge in [-0.2, -0.15) is 0 Å². The van der Waals surface area contributed by atoms with Crippen molar-refractivity contribution in [2.24, 2.45) is 0 Å². The van der Waals surface area contributed by atoms with Gasteiger partial charge in [0.1, 0.15) is 5.82 Å². The number of hydrogen-bond acceptors (Lipinski definition) is 2. The Bertz CT molecular complexity index is 376. The van der Waals surface area contributed by atoms with Crippen molar-refractivity contribution >= 4 is 11.5 Å². The van der Waals surface area contributed by atoms with Gasteiger partial charge >= 0.3 is 0 Å². The van der Waals surface area contributed by atoms with Crippen LogP contribution in [0.15, 0.2) is 6.07 Å². The number of nitrogen functional groups attached to an aromatic ring is 1. The molecule has 0 radical (unpaired) electrons. The van der Waals surface area contributed by atoms with E-state index in [0.717, 1.165) is 6.92 Å². The molecule has 0 unspecified atom stereocenters. The molecule has 0 aliphatic rings. The Morgan fingerprint density at radius 3 is 2.31 bits per heavy atom. The lowest BCUT2D eigenvalue weighted by molar-refractivity contribution is 0.100. The van der Waals surface area contributed by atoms with Crippen LogP contribution < -0.4 is 5.73 Å². The molecule has 0 aliphatic carbocycles. The molecule has 0 heterocycles. The van der Waals surface area contributed by atoms with Crippen molar-refractivity contribution in [3.05, 3.63) is 29.1 Å². The average Bonchev–Trinajstić information content (AvgIpc) is 1.99. The maximum atomic E-state index is 12.9. The third-order valence-corrected chi connectivity index (χ3v) is 1.54. The second-order valence-electron chi connectivity index (χ2n) is 2.51. The lowest BCUT2D eigenvalue weighted by atomic mass is 10.1. The van der Waals surface area contributed by atoms with Gasteiger partial charge in [-0.15, -0.1) is 0 Å². The Balaban J connectivity index is 3.53. The van der Waals surface area contributed by atoms with Crippen molar-refractivity contribution in [1.82, 2.24) is 0 Å². The molecular weight excluding hydrogens is 183 g/mol. The largest absolute Gasteiger partial charge is 0.396 e. The van der Waals surface area contributed by atoms with E-state index in [1.54, 1.807) is 0 Å². The standard InChI is InChI=1S/C8H6F3NO/c1-3(13)6-4(9)2-5(12)7(10)8(6)11/h2H,12H2,1H3. The van der Waals surface area contributed by atoms with E-state index in [1.807, 2.05) is 0 Å². The van der Waals surface area contributed by atoms with Crippen LogP contribution in [0.1, 0.15) is 17.3 Å². The molecule has 0 aromatic heterocycles. The van der Waals surface area contributed by atoms with Crippen molar-refractivity contribution in [2.45, 2.75) is 6.92 Å². The van der Waals surface area contributed by atoms with Crippen LogP contribution >= 0.6 is 0 Å². The van der Waals surface area contributed by atoms with Crippen molar-refractivity contribution in [2.75, 3.05) is 5.73 Å². The predicted octanol–water partition coefficient (Wildman–Crippen LogP) is 1.89. The number of rotatable bonds is 1. The van der Waals surface area contributed by atoms with Crippen LogP contribution in [0.2, 0.25) is 0 Å². The van der Waals surface area contributed by atoms with Crippen LogP contribution in [-0.4, -0.2) is 5.78 Å². The summed E-state index contributed by atoms with van der Waals surface area (Å²) in [6, 6.07) is 0.579. The molecule has 70 valence electrons. The van der Waals surface area contributed by atoms with Crippen LogP contribution in [-0.2, 0) is 0 Å². The molecule has 0 saturated carbocycles. The molecule has 0 atom stereocenters. The summed E-state index contributed by atoms with van der Waals surface area (Å²) >= 11 is 0. The van der Waals surface area contributed by atoms with Gasteiger partial charge in [0.05, 0.1) is 11.3 Å². The van der Waals surface area contributed by atoms with Gasteiger partial charge in [-0.3, -0.25) is 4.79 Å². The van der Waals surface area contributed by atoms with E-state index in [1.165, 1.54) is 0 Å². The number of ketones is 1. The molecular formula is C8H6F3NO. The van der Waals surface area contributed by atoms with Crippen molar-refractivity contribution in [3.63, 3.8) is 0 Å². The maximum Gasteiger partial charge on any atom is 0.182 e. The molecule has 0 bridgehead atoms. The fourth-order valence-corrected chi connectivity index (χ4v) is 0.936. The topological polar surface area (TPSA) is 43.1 Å². The highest BCUT2D eigenvalue weighted by atomic mass is 19.2. The van der Waals surface area contributed by atoms with Crippen LogP contribution in [0.3, 0.4) is 0 Å². The number of anilines is 1. The molecule has 0 spiro atoms. The van der Waals surface area contributed by atoms with Gasteiger partial charge in [0.2, 0.25) is 0 Å². The first kappa shape index (κ1) is 9.57. The number of benzene rings is 1. The Morgan fingerprint density at radius 2 is 1.85 bits per heavy atom. The Hall–Kier alpha value is -1.52. The minimum absolute atomic E-state index is 0.579. The van der Waals surface area contributed by atoms with E-state index >= 15 is 0 Å². The summed E-state index contributed by atoms with van der Waals surface area (Å²) in [7, 11) is 0. The van der Waals surface area contributed by atoms with Gasteiger partial charge < -0.3 is 5.73 Å². The van der Waals surface area contributed by atoms with Crippen LogP contribution in [0.4, 0.5) is 18.9 Å². The minimum atomic E-state index is -1.54. The molecule has 0 aliphatic heterocycles. The smallest absolute Gasteiger partial charge is 0.182 e. The predicted molar refractivity (Wildman–Crippen MR) is 40.7 cm³/mol. The minimum Gasteiger partial charge on any atom is -0.396 e. The van der Waals surface area contributed by atoms with E-state index in [4.69, 9.17) is 5.73 Å². The van der Waals surface area contributed by atoms with Gasteiger partial charge in [0.25, 0.3) is 0 Å². The molecule has 5 heteroatoms. The fourth-order valence-electron chi connectivity index (χ4n) is 0.936. The van der Waals surface area contributed by atoms with Crippen LogP contribution in [0, 0.1) is 17.5 Å².